The van der Waals surface area contributed by atoms with Gasteiger partial charge in [0.2, 0.25) is 0 Å². The van der Waals surface area contributed by atoms with Gasteiger partial charge >= 0.3 is 0 Å². The maximum absolute atomic E-state index is 5.77. The van der Waals surface area contributed by atoms with Crippen LogP contribution in [0.25, 0.3) is 0 Å². The summed E-state index contributed by atoms with van der Waals surface area (Å²) in [5.41, 5.74) is 0. The second kappa shape index (κ2) is 13.9. The fourth-order valence-electron chi connectivity index (χ4n) is 1.42. The zero-order valence-corrected chi connectivity index (χ0v) is 11.7. The molecule has 0 amide bonds. The molecule has 0 aromatic carbocycles. The van der Waals surface area contributed by atoms with Crippen LogP contribution in [0.3, 0.4) is 0 Å². The molecular formula is C13H29NO3. The van der Waals surface area contributed by atoms with Crippen molar-refractivity contribution in [1.29, 1.82) is 0 Å². The topological polar surface area (TPSA) is 39.7 Å². The van der Waals surface area contributed by atoms with E-state index in [4.69, 9.17) is 14.2 Å². The summed E-state index contributed by atoms with van der Waals surface area (Å²) in [5, 5.41) is 3.38. The highest BCUT2D eigenvalue weighted by atomic mass is 16.5. The van der Waals surface area contributed by atoms with Crippen molar-refractivity contribution in [2.75, 3.05) is 46.6 Å². The van der Waals surface area contributed by atoms with Gasteiger partial charge in [-0.15, -0.1) is 0 Å². The van der Waals surface area contributed by atoms with E-state index in [0.717, 1.165) is 39.1 Å². The number of nitrogens with one attached hydrogen (secondary N) is 1. The molecule has 0 saturated carbocycles. The summed E-state index contributed by atoms with van der Waals surface area (Å²) in [6, 6.07) is 0. The molecule has 0 radical (unpaired) electrons. The lowest BCUT2D eigenvalue weighted by Gasteiger charge is -2.16. The maximum Gasteiger partial charge on any atom is 0.0700 e. The van der Waals surface area contributed by atoms with Gasteiger partial charge in [-0.2, -0.15) is 0 Å². The molecule has 0 heterocycles. The molecule has 104 valence electrons. The summed E-state index contributed by atoms with van der Waals surface area (Å²) in [7, 11) is 1.68. The predicted molar refractivity (Wildman–Crippen MR) is 70.5 cm³/mol. The monoisotopic (exact) mass is 247 g/mol. The molecule has 0 aromatic rings. The quantitative estimate of drug-likeness (QED) is 0.504. The highest BCUT2D eigenvalue weighted by Crippen LogP contribution is 1.98. The highest BCUT2D eigenvalue weighted by molar-refractivity contribution is 4.59. The van der Waals surface area contributed by atoms with Crippen LogP contribution in [-0.4, -0.2) is 52.7 Å². The molecule has 0 bridgehead atoms. The summed E-state index contributed by atoms with van der Waals surface area (Å²) in [5.74, 6) is 0. The van der Waals surface area contributed by atoms with Crippen LogP contribution in [0.5, 0.6) is 0 Å². The summed E-state index contributed by atoms with van der Waals surface area (Å²) < 4.78 is 16.0. The summed E-state index contributed by atoms with van der Waals surface area (Å²) in [6.07, 6.45) is 3.51. The third-order valence-corrected chi connectivity index (χ3v) is 2.47. The SMILES string of the molecule is CCCNCC(CC)OCCCOCCOC. The van der Waals surface area contributed by atoms with Crippen molar-refractivity contribution in [3.63, 3.8) is 0 Å². The van der Waals surface area contributed by atoms with Crippen molar-refractivity contribution in [3.8, 4) is 0 Å². The molecule has 4 heteroatoms. The van der Waals surface area contributed by atoms with Gasteiger partial charge in [0.05, 0.1) is 19.3 Å². The van der Waals surface area contributed by atoms with Crippen LogP contribution in [0.4, 0.5) is 0 Å². The van der Waals surface area contributed by atoms with Crippen LogP contribution in [-0.2, 0) is 14.2 Å². The normalized spacial score (nSPS) is 12.9. The van der Waals surface area contributed by atoms with E-state index in [9.17, 15) is 0 Å². The number of hydrogen-bond donors (Lipinski definition) is 1. The Morgan fingerprint density at radius 3 is 2.53 bits per heavy atom. The average Bonchev–Trinajstić information content (AvgIpc) is 2.35. The minimum atomic E-state index is 0.334. The van der Waals surface area contributed by atoms with Crippen molar-refractivity contribution in [2.24, 2.45) is 0 Å². The molecule has 0 rings (SSSR count). The second-order valence-corrected chi connectivity index (χ2v) is 4.06. The third kappa shape index (κ3) is 12.1. The van der Waals surface area contributed by atoms with E-state index in [2.05, 4.69) is 19.2 Å². The number of ether oxygens (including phenoxy) is 3. The van der Waals surface area contributed by atoms with Crippen LogP contribution in [0.15, 0.2) is 0 Å². The van der Waals surface area contributed by atoms with Gasteiger partial charge in [-0.05, 0) is 25.8 Å². The highest BCUT2D eigenvalue weighted by Gasteiger charge is 2.04. The first-order valence-electron chi connectivity index (χ1n) is 6.74. The Kier molecular flexibility index (Phi) is 13.8. The minimum Gasteiger partial charge on any atom is -0.382 e. The second-order valence-electron chi connectivity index (χ2n) is 4.06. The molecule has 17 heavy (non-hydrogen) atoms. The molecule has 0 fully saturated rings. The van der Waals surface area contributed by atoms with Gasteiger partial charge in [0.1, 0.15) is 0 Å². The predicted octanol–water partition coefficient (Wildman–Crippen LogP) is 1.83. The smallest absolute Gasteiger partial charge is 0.0700 e. The van der Waals surface area contributed by atoms with Crippen LogP contribution in [0.2, 0.25) is 0 Å². The zero-order valence-electron chi connectivity index (χ0n) is 11.7. The van der Waals surface area contributed by atoms with Crippen molar-refractivity contribution in [3.05, 3.63) is 0 Å². The standard InChI is InChI=1S/C13H29NO3/c1-4-7-14-12-13(5-2)17-9-6-8-16-11-10-15-3/h13-14H,4-12H2,1-3H3. The summed E-state index contributed by atoms with van der Waals surface area (Å²) in [6.45, 7) is 9.22. The van der Waals surface area contributed by atoms with E-state index in [1.165, 1.54) is 6.42 Å². The van der Waals surface area contributed by atoms with Gasteiger partial charge in [0, 0.05) is 26.9 Å². The van der Waals surface area contributed by atoms with E-state index in [1.54, 1.807) is 7.11 Å². The third-order valence-electron chi connectivity index (χ3n) is 2.47. The molecule has 1 N–H and O–H groups in total. The molecule has 0 aliphatic heterocycles. The Labute approximate surface area is 106 Å². The van der Waals surface area contributed by atoms with Crippen molar-refractivity contribution >= 4 is 0 Å². The lowest BCUT2D eigenvalue weighted by molar-refractivity contribution is 0.0225. The van der Waals surface area contributed by atoms with Gasteiger partial charge in [-0.1, -0.05) is 13.8 Å². The first-order valence-corrected chi connectivity index (χ1v) is 6.74. The molecule has 1 unspecified atom stereocenters. The Morgan fingerprint density at radius 2 is 1.88 bits per heavy atom. The van der Waals surface area contributed by atoms with E-state index in [-0.39, 0.29) is 0 Å². The fourth-order valence-corrected chi connectivity index (χ4v) is 1.42. The molecule has 0 spiro atoms. The Morgan fingerprint density at radius 1 is 1.06 bits per heavy atom. The first-order chi connectivity index (χ1) is 8.35. The Bertz CT molecular complexity index is 145. The van der Waals surface area contributed by atoms with Crippen molar-refractivity contribution in [1.82, 2.24) is 5.32 Å². The fraction of sp³-hybridized carbons (Fsp3) is 1.00. The lowest BCUT2D eigenvalue weighted by atomic mass is 10.2. The minimum absolute atomic E-state index is 0.334. The Hall–Kier alpha value is -0.160. The van der Waals surface area contributed by atoms with Crippen LogP contribution in [0.1, 0.15) is 33.1 Å². The molecule has 0 aliphatic carbocycles. The molecule has 4 nitrogen and oxygen atoms in total. The number of rotatable bonds is 13. The number of methoxy groups -OCH3 is 1. The van der Waals surface area contributed by atoms with Crippen LogP contribution >= 0.6 is 0 Å². The van der Waals surface area contributed by atoms with E-state index >= 15 is 0 Å². The molecule has 0 saturated heterocycles. The molecule has 1 atom stereocenters. The van der Waals surface area contributed by atoms with Crippen LogP contribution in [0, 0.1) is 0 Å². The zero-order chi connectivity index (χ0) is 12.8. The van der Waals surface area contributed by atoms with Gasteiger partial charge in [-0.25, -0.2) is 0 Å². The van der Waals surface area contributed by atoms with Gasteiger partial charge in [0.15, 0.2) is 0 Å². The number of hydrogen-bond acceptors (Lipinski definition) is 4. The van der Waals surface area contributed by atoms with E-state index in [1.807, 2.05) is 0 Å². The first kappa shape index (κ1) is 16.8. The molecule has 0 aliphatic rings. The Balaban J connectivity index is 3.25. The average molecular weight is 247 g/mol. The van der Waals surface area contributed by atoms with Gasteiger partial charge in [-0.3, -0.25) is 0 Å². The molecular weight excluding hydrogens is 218 g/mol. The van der Waals surface area contributed by atoms with Crippen molar-refractivity contribution < 1.29 is 14.2 Å². The van der Waals surface area contributed by atoms with Gasteiger partial charge in [0.25, 0.3) is 0 Å². The summed E-state index contributed by atoms with van der Waals surface area (Å²) in [4.78, 5) is 0. The summed E-state index contributed by atoms with van der Waals surface area (Å²) >= 11 is 0. The lowest BCUT2D eigenvalue weighted by Crippen LogP contribution is -2.29. The van der Waals surface area contributed by atoms with Crippen LogP contribution < -0.4 is 5.32 Å². The van der Waals surface area contributed by atoms with E-state index < -0.39 is 0 Å². The largest absolute Gasteiger partial charge is 0.382 e. The van der Waals surface area contributed by atoms with Crippen molar-refractivity contribution in [2.45, 2.75) is 39.2 Å². The molecule has 0 aromatic heterocycles. The van der Waals surface area contributed by atoms with Gasteiger partial charge < -0.3 is 19.5 Å². The van der Waals surface area contributed by atoms with E-state index in [0.29, 0.717) is 19.3 Å². The maximum atomic E-state index is 5.77.